The molecule has 1 atom stereocenters. The third kappa shape index (κ3) is 4.02. The molecule has 106 valence electrons. The highest BCUT2D eigenvalue weighted by Crippen LogP contribution is 2.24. The van der Waals surface area contributed by atoms with Gasteiger partial charge in [0.25, 0.3) is 0 Å². The zero-order chi connectivity index (χ0) is 13.7. The summed E-state index contributed by atoms with van der Waals surface area (Å²) in [5.41, 5.74) is 7.23. The van der Waals surface area contributed by atoms with Gasteiger partial charge in [0.05, 0.1) is 0 Å². The summed E-state index contributed by atoms with van der Waals surface area (Å²) in [6.07, 6.45) is 6.34. The molecule has 1 aromatic rings. The number of benzene rings is 1. The fourth-order valence-electron chi connectivity index (χ4n) is 3.05. The van der Waals surface area contributed by atoms with E-state index in [0.29, 0.717) is 0 Å². The van der Waals surface area contributed by atoms with Crippen molar-refractivity contribution >= 4 is 0 Å². The van der Waals surface area contributed by atoms with E-state index in [4.69, 9.17) is 5.73 Å². The first-order valence-electron chi connectivity index (χ1n) is 7.45. The van der Waals surface area contributed by atoms with Gasteiger partial charge >= 0.3 is 0 Å². The van der Waals surface area contributed by atoms with E-state index in [1.54, 1.807) is 12.1 Å². The highest BCUT2D eigenvalue weighted by atomic mass is 19.1. The lowest BCUT2D eigenvalue weighted by atomic mass is 10.0. The van der Waals surface area contributed by atoms with E-state index in [1.165, 1.54) is 37.8 Å². The minimum Gasteiger partial charge on any atom is -0.324 e. The van der Waals surface area contributed by atoms with E-state index in [1.807, 2.05) is 0 Å². The molecule has 2 rings (SSSR count). The lowest BCUT2D eigenvalue weighted by Gasteiger charge is -2.28. The van der Waals surface area contributed by atoms with Gasteiger partial charge in [0.1, 0.15) is 5.82 Å². The molecule has 0 heterocycles. The smallest absolute Gasteiger partial charge is 0.123 e. The van der Waals surface area contributed by atoms with Gasteiger partial charge in [0.2, 0.25) is 0 Å². The standard InChI is InChI=1S/C16H25FN2/c1-2-19(15-5-3-4-6-15)12-11-16(18)13-7-9-14(17)10-8-13/h7-10,15-16H,2-6,11-12,18H2,1H3. The van der Waals surface area contributed by atoms with Gasteiger partial charge < -0.3 is 10.6 Å². The minimum absolute atomic E-state index is 0.0102. The highest BCUT2D eigenvalue weighted by Gasteiger charge is 2.21. The van der Waals surface area contributed by atoms with Crippen molar-refractivity contribution in [3.8, 4) is 0 Å². The molecule has 1 saturated carbocycles. The monoisotopic (exact) mass is 264 g/mol. The van der Waals surface area contributed by atoms with Crippen LogP contribution in [-0.2, 0) is 0 Å². The summed E-state index contributed by atoms with van der Waals surface area (Å²) in [5, 5.41) is 0. The first kappa shape index (κ1) is 14.5. The van der Waals surface area contributed by atoms with Crippen LogP contribution in [0.15, 0.2) is 24.3 Å². The molecule has 0 radical (unpaired) electrons. The Morgan fingerprint density at radius 2 is 1.89 bits per heavy atom. The van der Waals surface area contributed by atoms with Crippen LogP contribution in [0.5, 0.6) is 0 Å². The molecule has 0 spiro atoms. The second kappa shape index (κ2) is 7.01. The zero-order valence-corrected chi connectivity index (χ0v) is 11.8. The van der Waals surface area contributed by atoms with E-state index in [-0.39, 0.29) is 11.9 Å². The summed E-state index contributed by atoms with van der Waals surface area (Å²) in [6.45, 7) is 4.36. The van der Waals surface area contributed by atoms with E-state index >= 15 is 0 Å². The van der Waals surface area contributed by atoms with Crippen LogP contribution < -0.4 is 5.73 Å². The molecule has 1 unspecified atom stereocenters. The number of hydrogen-bond acceptors (Lipinski definition) is 2. The van der Waals surface area contributed by atoms with Gasteiger partial charge in [-0.15, -0.1) is 0 Å². The summed E-state index contributed by atoms with van der Waals surface area (Å²) in [4.78, 5) is 2.55. The molecule has 19 heavy (non-hydrogen) atoms. The molecule has 0 amide bonds. The minimum atomic E-state index is -0.197. The average Bonchev–Trinajstić information content (AvgIpc) is 2.94. The summed E-state index contributed by atoms with van der Waals surface area (Å²) >= 11 is 0. The van der Waals surface area contributed by atoms with E-state index in [0.717, 1.165) is 31.1 Å². The lowest BCUT2D eigenvalue weighted by Crippen LogP contribution is -2.35. The Hall–Kier alpha value is -0.930. The predicted octanol–water partition coefficient (Wildman–Crippen LogP) is 3.48. The van der Waals surface area contributed by atoms with Crippen molar-refractivity contribution < 1.29 is 4.39 Å². The summed E-state index contributed by atoms with van der Waals surface area (Å²) < 4.78 is 12.9. The van der Waals surface area contributed by atoms with Crippen LogP contribution in [0.2, 0.25) is 0 Å². The van der Waals surface area contributed by atoms with Crippen molar-refractivity contribution in [3.63, 3.8) is 0 Å². The topological polar surface area (TPSA) is 29.3 Å². The van der Waals surface area contributed by atoms with Crippen LogP contribution >= 0.6 is 0 Å². The van der Waals surface area contributed by atoms with Gasteiger partial charge in [-0.3, -0.25) is 0 Å². The molecule has 0 bridgehead atoms. The molecule has 1 aromatic carbocycles. The number of hydrogen-bond donors (Lipinski definition) is 1. The van der Waals surface area contributed by atoms with Gasteiger partial charge in [-0.1, -0.05) is 31.9 Å². The molecule has 0 aromatic heterocycles. The van der Waals surface area contributed by atoms with Crippen LogP contribution in [0.1, 0.15) is 50.6 Å². The van der Waals surface area contributed by atoms with E-state index < -0.39 is 0 Å². The second-order valence-electron chi connectivity index (χ2n) is 5.51. The Morgan fingerprint density at radius 1 is 1.26 bits per heavy atom. The fourth-order valence-corrected chi connectivity index (χ4v) is 3.05. The zero-order valence-electron chi connectivity index (χ0n) is 11.8. The number of nitrogens with zero attached hydrogens (tertiary/aromatic N) is 1. The first-order chi connectivity index (χ1) is 9.20. The molecule has 0 saturated heterocycles. The van der Waals surface area contributed by atoms with Gasteiger partial charge in [-0.25, -0.2) is 4.39 Å². The molecule has 1 aliphatic carbocycles. The van der Waals surface area contributed by atoms with Crippen molar-refractivity contribution in [1.82, 2.24) is 4.90 Å². The number of halogens is 1. The Balaban J connectivity index is 1.84. The first-order valence-corrected chi connectivity index (χ1v) is 7.45. The summed E-state index contributed by atoms with van der Waals surface area (Å²) in [6, 6.07) is 7.34. The maximum atomic E-state index is 12.9. The number of nitrogens with two attached hydrogens (primary N) is 1. The normalized spacial score (nSPS) is 18.1. The SMILES string of the molecule is CCN(CCC(N)c1ccc(F)cc1)C1CCCC1. The summed E-state index contributed by atoms with van der Waals surface area (Å²) in [5.74, 6) is -0.197. The van der Waals surface area contributed by atoms with Crippen molar-refractivity contribution in [2.45, 2.75) is 51.1 Å². The number of rotatable bonds is 6. The van der Waals surface area contributed by atoms with Crippen LogP contribution in [0.25, 0.3) is 0 Å². The quantitative estimate of drug-likeness (QED) is 0.852. The third-order valence-corrected chi connectivity index (χ3v) is 4.27. The Labute approximate surface area is 115 Å². The lowest BCUT2D eigenvalue weighted by molar-refractivity contribution is 0.202. The Bertz CT molecular complexity index is 371. The molecular formula is C16H25FN2. The molecule has 2 N–H and O–H groups in total. The fraction of sp³-hybridized carbons (Fsp3) is 0.625. The van der Waals surface area contributed by atoms with Gasteiger partial charge in [0.15, 0.2) is 0 Å². The average molecular weight is 264 g/mol. The molecule has 3 heteroatoms. The predicted molar refractivity (Wildman–Crippen MR) is 77.4 cm³/mol. The summed E-state index contributed by atoms with van der Waals surface area (Å²) in [7, 11) is 0. The molecule has 0 aliphatic heterocycles. The van der Waals surface area contributed by atoms with Crippen LogP contribution in [0, 0.1) is 5.82 Å². The maximum Gasteiger partial charge on any atom is 0.123 e. The van der Waals surface area contributed by atoms with Gasteiger partial charge in [-0.05, 0) is 43.5 Å². The largest absolute Gasteiger partial charge is 0.324 e. The van der Waals surface area contributed by atoms with Crippen LogP contribution in [0.4, 0.5) is 4.39 Å². The molecule has 2 nitrogen and oxygen atoms in total. The Kier molecular flexibility index (Phi) is 5.34. The van der Waals surface area contributed by atoms with Crippen molar-refractivity contribution in [3.05, 3.63) is 35.6 Å². The van der Waals surface area contributed by atoms with E-state index in [2.05, 4.69) is 11.8 Å². The highest BCUT2D eigenvalue weighted by molar-refractivity contribution is 5.19. The van der Waals surface area contributed by atoms with Crippen molar-refractivity contribution in [2.24, 2.45) is 5.73 Å². The van der Waals surface area contributed by atoms with Crippen molar-refractivity contribution in [1.29, 1.82) is 0 Å². The van der Waals surface area contributed by atoms with Crippen LogP contribution in [-0.4, -0.2) is 24.0 Å². The molecule has 1 aliphatic rings. The van der Waals surface area contributed by atoms with E-state index in [9.17, 15) is 4.39 Å². The van der Waals surface area contributed by atoms with Gasteiger partial charge in [0, 0.05) is 18.6 Å². The van der Waals surface area contributed by atoms with Gasteiger partial charge in [-0.2, -0.15) is 0 Å². The van der Waals surface area contributed by atoms with Crippen molar-refractivity contribution in [2.75, 3.05) is 13.1 Å². The van der Waals surface area contributed by atoms with Crippen LogP contribution in [0.3, 0.4) is 0 Å². The third-order valence-electron chi connectivity index (χ3n) is 4.27. The second-order valence-corrected chi connectivity index (χ2v) is 5.51. The molecular weight excluding hydrogens is 239 g/mol. The Morgan fingerprint density at radius 3 is 2.47 bits per heavy atom. The molecule has 1 fully saturated rings. The maximum absolute atomic E-state index is 12.9.